The largest absolute Gasteiger partial charge is 0.399 e. The third kappa shape index (κ3) is 2.59. The van der Waals surface area contributed by atoms with Gasteiger partial charge in [0.05, 0.1) is 26.8 Å². The Kier molecular flexibility index (Phi) is 3.67. The number of anilines is 2. The predicted octanol–water partition coefficient (Wildman–Crippen LogP) is 2.47. The van der Waals surface area contributed by atoms with E-state index in [-0.39, 0.29) is 21.7 Å². The van der Waals surface area contributed by atoms with Gasteiger partial charge in [0, 0.05) is 16.8 Å². The smallest absolute Gasteiger partial charge is 0.295 e. The molecular weight excluding hydrogens is 316 g/mol. The quantitative estimate of drug-likeness (QED) is 0.432. The molecule has 0 bridgehead atoms. The van der Waals surface area contributed by atoms with Gasteiger partial charge in [0.15, 0.2) is 0 Å². The Morgan fingerprint density at radius 3 is 2.48 bits per heavy atom. The maximum Gasteiger partial charge on any atom is 0.295 e. The molecule has 1 unspecified atom stereocenters. The summed E-state index contributed by atoms with van der Waals surface area (Å²) >= 11 is 0. The number of benzene rings is 2. The van der Waals surface area contributed by atoms with E-state index in [1.54, 1.807) is 36.4 Å². The van der Waals surface area contributed by atoms with Gasteiger partial charge in [-0.3, -0.25) is 15.1 Å². The number of aromatic nitrogens is 1. The van der Waals surface area contributed by atoms with Crippen molar-refractivity contribution >= 4 is 38.8 Å². The van der Waals surface area contributed by atoms with Crippen molar-refractivity contribution in [2.75, 3.05) is 11.5 Å². The van der Waals surface area contributed by atoms with Crippen molar-refractivity contribution in [2.45, 2.75) is 9.79 Å². The van der Waals surface area contributed by atoms with Crippen LogP contribution in [-0.4, -0.2) is 14.1 Å². The second-order valence-electron chi connectivity index (χ2n) is 4.81. The monoisotopic (exact) mass is 328 g/mol. The van der Waals surface area contributed by atoms with Crippen molar-refractivity contribution in [2.24, 2.45) is 0 Å². The first-order chi connectivity index (χ1) is 11.0. The molecule has 2 aromatic carbocycles. The van der Waals surface area contributed by atoms with Gasteiger partial charge < -0.3 is 11.5 Å². The van der Waals surface area contributed by atoms with E-state index in [1.807, 2.05) is 0 Å². The number of hydrogen-bond donors (Lipinski definition) is 2. The summed E-state index contributed by atoms with van der Waals surface area (Å²) in [7, 11) is -1.76. The average molecular weight is 328 g/mol. The molecule has 23 heavy (non-hydrogen) atoms. The molecule has 3 aromatic rings. The molecule has 7 nitrogen and oxygen atoms in total. The highest BCUT2D eigenvalue weighted by Gasteiger charge is 2.25. The number of nitrogens with zero attached hydrogens (tertiary/aromatic N) is 2. The molecule has 4 N–H and O–H groups in total. The Labute approximate surface area is 133 Å². The number of rotatable bonds is 3. The molecule has 0 spiro atoms. The van der Waals surface area contributed by atoms with Gasteiger partial charge in [0.2, 0.25) is 0 Å². The summed E-state index contributed by atoms with van der Waals surface area (Å²) in [6.07, 6.45) is 1.50. The Morgan fingerprint density at radius 2 is 1.83 bits per heavy atom. The van der Waals surface area contributed by atoms with Crippen LogP contribution < -0.4 is 11.5 Å². The van der Waals surface area contributed by atoms with E-state index < -0.39 is 15.7 Å². The van der Waals surface area contributed by atoms with Crippen molar-refractivity contribution in [3.8, 4) is 0 Å². The fraction of sp³-hybridized carbons (Fsp3) is 0. The Hall–Kier alpha value is -3.00. The fourth-order valence-corrected chi connectivity index (χ4v) is 3.52. The highest BCUT2D eigenvalue weighted by molar-refractivity contribution is 7.85. The van der Waals surface area contributed by atoms with Gasteiger partial charge in [-0.05, 0) is 42.5 Å². The zero-order chi connectivity index (χ0) is 16.6. The van der Waals surface area contributed by atoms with Gasteiger partial charge >= 0.3 is 0 Å². The number of fused-ring (bicyclic) bond motifs is 1. The van der Waals surface area contributed by atoms with Crippen LogP contribution in [0.15, 0.2) is 58.5 Å². The maximum atomic E-state index is 12.8. The highest BCUT2D eigenvalue weighted by Crippen LogP contribution is 2.36. The molecule has 1 aromatic heterocycles. The molecule has 0 aliphatic heterocycles. The molecule has 0 aliphatic carbocycles. The van der Waals surface area contributed by atoms with Crippen molar-refractivity contribution in [3.63, 3.8) is 0 Å². The molecule has 0 radical (unpaired) electrons. The number of nitro groups is 1. The third-order valence-corrected chi connectivity index (χ3v) is 4.74. The summed E-state index contributed by atoms with van der Waals surface area (Å²) in [5.41, 5.74) is 12.4. The minimum atomic E-state index is -1.76. The van der Waals surface area contributed by atoms with Crippen molar-refractivity contribution in [1.29, 1.82) is 0 Å². The molecule has 1 heterocycles. The first-order valence-corrected chi connectivity index (χ1v) is 7.73. The van der Waals surface area contributed by atoms with E-state index in [9.17, 15) is 14.3 Å². The van der Waals surface area contributed by atoms with Gasteiger partial charge in [-0.15, -0.1) is 0 Å². The topological polar surface area (TPSA) is 125 Å². The minimum Gasteiger partial charge on any atom is -0.399 e. The van der Waals surface area contributed by atoms with Gasteiger partial charge in [0.1, 0.15) is 10.4 Å². The van der Waals surface area contributed by atoms with Crippen LogP contribution in [0.4, 0.5) is 17.1 Å². The summed E-state index contributed by atoms with van der Waals surface area (Å²) in [5, 5.41) is 11.8. The van der Waals surface area contributed by atoms with Gasteiger partial charge in [-0.1, -0.05) is 0 Å². The summed E-state index contributed by atoms with van der Waals surface area (Å²) < 4.78 is 12.8. The predicted molar refractivity (Wildman–Crippen MR) is 88.3 cm³/mol. The third-order valence-electron chi connectivity index (χ3n) is 3.33. The molecule has 0 amide bonds. The van der Waals surface area contributed by atoms with E-state index in [2.05, 4.69) is 4.98 Å². The van der Waals surface area contributed by atoms with Crippen LogP contribution in [0.25, 0.3) is 10.9 Å². The van der Waals surface area contributed by atoms with Crippen LogP contribution in [-0.2, 0) is 10.8 Å². The molecule has 0 saturated heterocycles. The van der Waals surface area contributed by atoms with Crippen LogP contribution in [0, 0.1) is 10.1 Å². The Morgan fingerprint density at radius 1 is 1.13 bits per heavy atom. The number of nitrogen functional groups attached to an aromatic ring is 2. The lowest BCUT2D eigenvalue weighted by Gasteiger charge is -2.08. The second-order valence-corrected chi connectivity index (χ2v) is 6.26. The number of nitrogens with two attached hydrogens (primary N) is 2. The van der Waals surface area contributed by atoms with Gasteiger partial charge in [-0.25, -0.2) is 4.21 Å². The first kappa shape index (κ1) is 14.9. The van der Waals surface area contributed by atoms with Crippen LogP contribution in [0.5, 0.6) is 0 Å². The molecule has 8 heteroatoms. The normalized spacial score (nSPS) is 12.2. The first-order valence-electron chi connectivity index (χ1n) is 6.58. The van der Waals surface area contributed by atoms with Crippen molar-refractivity contribution < 1.29 is 9.13 Å². The molecule has 1 atom stereocenters. The average Bonchev–Trinajstić information content (AvgIpc) is 2.54. The maximum absolute atomic E-state index is 12.8. The minimum absolute atomic E-state index is 0.0396. The number of pyridine rings is 1. The summed E-state index contributed by atoms with van der Waals surface area (Å²) in [6, 6.07) is 10.8. The highest BCUT2D eigenvalue weighted by atomic mass is 32.2. The summed E-state index contributed by atoms with van der Waals surface area (Å²) in [5.74, 6) is 0. The van der Waals surface area contributed by atoms with E-state index in [0.29, 0.717) is 16.1 Å². The Bertz CT molecular complexity index is 941. The lowest BCUT2D eigenvalue weighted by atomic mass is 10.1. The molecule has 0 saturated carbocycles. The van der Waals surface area contributed by atoms with Crippen LogP contribution in [0.3, 0.4) is 0 Å². The SMILES string of the molecule is Nc1ccc(S(=O)c2cc(N)c3ncccc3c2[N+](=O)[O-])cc1. The Balaban J connectivity index is 2.28. The second kappa shape index (κ2) is 5.65. The zero-order valence-electron chi connectivity index (χ0n) is 11.8. The molecular formula is C15H12N4O3S. The molecule has 0 aliphatic rings. The van der Waals surface area contributed by atoms with Gasteiger partial charge in [0.25, 0.3) is 5.69 Å². The summed E-state index contributed by atoms with van der Waals surface area (Å²) in [4.78, 5) is 15.5. The van der Waals surface area contributed by atoms with Crippen LogP contribution in [0.2, 0.25) is 0 Å². The van der Waals surface area contributed by atoms with Crippen LogP contribution in [0.1, 0.15) is 0 Å². The van der Waals surface area contributed by atoms with Crippen LogP contribution >= 0.6 is 0 Å². The molecule has 116 valence electrons. The zero-order valence-corrected chi connectivity index (χ0v) is 12.6. The summed E-state index contributed by atoms with van der Waals surface area (Å²) in [6.45, 7) is 0. The van der Waals surface area contributed by atoms with Crippen molar-refractivity contribution in [1.82, 2.24) is 4.98 Å². The lowest BCUT2D eigenvalue weighted by Crippen LogP contribution is -2.03. The fourth-order valence-electron chi connectivity index (χ4n) is 2.29. The van der Waals surface area contributed by atoms with Crippen molar-refractivity contribution in [3.05, 3.63) is 58.8 Å². The standard InChI is InChI=1S/C15H12N4O3S/c16-9-3-5-10(6-4-9)23(22)13-8-12(17)14-11(2-1-7-18-14)15(13)19(20)21/h1-8H,16-17H2. The lowest BCUT2D eigenvalue weighted by molar-refractivity contribution is -0.385. The van der Waals surface area contributed by atoms with E-state index in [0.717, 1.165) is 0 Å². The number of nitro benzene ring substituents is 1. The van der Waals surface area contributed by atoms with Gasteiger partial charge in [-0.2, -0.15) is 0 Å². The van der Waals surface area contributed by atoms with E-state index in [4.69, 9.17) is 11.5 Å². The molecule has 3 rings (SSSR count). The molecule has 0 fully saturated rings. The van der Waals surface area contributed by atoms with E-state index in [1.165, 1.54) is 12.3 Å². The number of hydrogen-bond acceptors (Lipinski definition) is 6. The van der Waals surface area contributed by atoms with E-state index >= 15 is 0 Å².